The molecule has 0 fully saturated rings. The zero-order valence-electron chi connectivity index (χ0n) is 49.5. The van der Waals surface area contributed by atoms with Crippen LogP contribution in [0.1, 0.15) is 201 Å². The zero-order valence-corrected chi connectivity index (χ0v) is 50.4. The molecule has 0 bridgehead atoms. The van der Waals surface area contributed by atoms with Gasteiger partial charge in [-0.15, -0.1) is 0 Å². The minimum Gasteiger partial charge on any atom is -0.462 e. The predicted molar refractivity (Wildman–Crippen MR) is 334 cm³/mol. The number of carbonyl (C=O) groups is 3. The highest BCUT2D eigenvalue weighted by Gasteiger charge is 2.28. The second-order valence-corrected chi connectivity index (χ2v) is 20.5. The molecule has 0 saturated heterocycles. The summed E-state index contributed by atoms with van der Waals surface area (Å²) >= 11 is 0. The molecule has 12 heteroatoms. The number of aliphatic hydroxyl groups excluding tert-OH is 1. The molecular formula is C68H105O11P. The highest BCUT2D eigenvalue weighted by Crippen LogP contribution is 2.43. The average molecular weight is 1130 g/mol. The maximum atomic E-state index is 12.9. The van der Waals surface area contributed by atoms with Crippen LogP contribution in [0.3, 0.4) is 0 Å². The smallest absolute Gasteiger partial charge is 0.462 e. The molecule has 0 radical (unpaired) electrons. The van der Waals surface area contributed by atoms with E-state index in [1.807, 2.05) is 12.2 Å². The lowest BCUT2D eigenvalue weighted by Crippen LogP contribution is -2.30. The number of ether oxygens (including phenoxy) is 3. The van der Waals surface area contributed by atoms with Crippen LogP contribution in [0.4, 0.5) is 0 Å². The fraction of sp³-hybridized carbons (Fsp3) is 0.544. The summed E-state index contributed by atoms with van der Waals surface area (Å²) < 4.78 is 39.5. The maximum Gasteiger partial charge on any atom is 0.472 e. The Bertz CT molecular complexity index is 1990. The van der Waals surface area contributed by atoms with Gasteiger partial charge < -0.3 is 24.2 Å². The second-order valence-electron chi connectivity index (χ2n) is 19.0. The van der Waals surface area contributed by atoms with Crippen LogP contribution in [0.25, 0.3) is 0 Å². The first-order chi connectivity index (χ1) is 39.2. The van der Waals surface area contributed by atoms with Gasteiger partial charge in [-0.2, -0.15) is 0 Å². The first kappa shape index (κ1) is 74.8. The average Bonchev–Trinajstić information content (AvgIpc) is 3.45. The molecule has 80 heavy (non-hydrogen) atoms. The molecule has 0 aromatic rings. The molecule has 0 saturated carbocycles. The lowest BCUT2D eigenvalue weighted by atomic mass is 10.1. The van der Waals surface area contributed by atoms with Gasteiger partial charge in [-0.3, -0.25) is 23.4 Å². The fourth-order valence-electron chi connectivity index (χ4n) is 7.19. The third-order valence-corrected chi connectivity index (χ3v) is 12.6. The highest BCUT2D eigenvalue weighted by atomic mass is 31.2. The SMILES string of the molecule is CC/C=C\C/C=C\C/C=C\C/C=C\C/C=C\C/C=C\CCC(=O)OCC(COP(=O)(O)OCC(CO)OC(=O)CCCC/C=C\C/C=C\C/C=C\C/C=C\CC)OC(=O)CCCCCCCC/C=C\C/C=C\C/C=C\C/C=C\CC. The van der Waals surface area contributed by atoms with E-state index in [0.717, 1.165) is 141 Å². The minimum atomic E-state index is -4.80. The highest BCUT2D eigenvalue weighted by molar-refractivity contribution is 7.47. The van der Waals surface area contributed by atoms with E-state index in [4.69, 9.17) is 23.3 Å². The van der Waals surface area contributed by atoms with E-state index >= 15 is 0 Å². The van der Waals surface area contributed by atoms with Crippen LogP contribution in [0.15, 0.2) is 170 Å². The lowest BCUT2D eigenvalue weighted by Gasteiger charge is -2.21. The van der Waals surface area contributed by atoms with Gasteiger partial charge in [0, 0.05) is 19.3 Å². The predicted octanol–water partition coefficient (Wildman–Crippen LogP) is 18.2. The number of esters is 3. The molecule has 0 aliphatic rings. The summed E-state index contributed by atoms with van der Waals surface area (Å²) in [6.45, 7) is 4.13. The topological polar surface area (TPSA) is 155 Å². The van der Waals surface area contributed by atoms with Gasteiger partial charge in [0.1, 0.15) is 12.7 Å². The van der Waals surface area contributed by atoms with E-state index in [2.05, 4.69) is 179 Å². The molecule has 0 heterocycles. The molecule has 0 aliphatic heterocycles. The first-order valence-electron chi connectivity index (χ1n) is 30.0. The van der Waals surface area contributed by atoms with Gasteiger partial charge in [0.2, 0.25) is 0 Å². The second kappa shape index (κ2) is 59.9. The van der Waals surface area contributed by atoms with E-state index in [1.165, 1.54) is 0 Å². The number of phosphoric ester groups is 1. The van der Waals surface area contributed by atoms with Gasteiger partial charge in [0.25, 0.3) is 0 Å². The van der Waals surface area contributed by atoms with Crippen molar-refractivity contribution in [2.24, 2.45) is 0 Å². The molecular weight excluding hydrogens is 1020 g/mol. The van der Waals surface area contributed by atoms with Crippen molar-refractivity contribution in [3.63, 3.8) is 0 Å². The van der Waals surface area contributed by atoms with Gasteiger partial charge in [-0.1, -0.05) is 217 Å². The number of rotatable bonds is 53. The van der Waals surface area contributed by atoms with Gasteiger partial charge in [-0.25, -0.2) is 4.57 Å². The quantitative estimate of drug-likeness (QED) is 0.0197. The van der Waals surface area contributed by atoms with Crippen LogP contribution < -0.4 is 0 Å². The van der Waals surface area contributed by atoms with Crippen LogP contribution in [0.5, 0.6) is 0 Å². The van der Waals surface area contributed by atoms with Crippen LogP contribution >= 0.6 is 7.82 Å². The Balaban J connectivity index is 4.93. The molecule has 0 rings (SSSR count). The van der Waals surface area contributed by atoms with Crippen LogP contribution in [-0.2, 0) is 42.2 Å². The largest absolute Gasteiger partial charge is 0.472 e. The molecule has 3 unspecified atom stereocenters. The molecule has 2 N–H and O–H groups in total. The van der Waals surface area contributed by atoms with E-state index in [0.29, 0.717) is 19.3 Å². The van der Waals surface area contributed by atoms with Crippen molar-refractivity contribution >= 4 is 25.7 Å². The van der Waals surface area contributed by atoms with Crippen LogP contribution in [-0.4, -0.2) is 66.5 Å². The van der Waals surface area contributed by atoms with Crippen molar-refractivity contribution < 1.29 is 52.2 Å². The van der Waals surface area contributed by atoms with Crippen molar-refractivity contribution in [2.45, 2.75) is 213 Å². The minimum absolute atomic E-state index is 0.0846. The Labute approximate surface area is 485 Å². The van der Waals surface area contributed by atoms with E-state index in [9.17, 15) is 28.9 Å². The molecule has 0 spiro atoms. The number of unbranched alkanes of at least 4 members (excludes halogenated alkanes) is 8. The molecule has 0 aliphatic carbocycles. The molecule has 448 valence electrons. The zero-order chi connectivity index (χ0) is 58.3. The summed E-state index contributed by atoms with van der Waals surface area (Å²) in [4.78, 5) is 48.6. The van der Waals surface area contributed by atoms with Crippen molar-refractivity contribution in [3.05, 3.63) is 170 Å². The van der Waals surface area contributed by atoms with Crippen LogP contribution in [0, 0.1) is 0 Å². The third-order valence-electron chi connectivity index (χ3n) is 11.6. The number of hydrogen-bond donors (Lipinski definition) is 2. The lowest BCUT2D eigenvalue weighted by molar-refractivity contribution is -0.161. The number of allylic oxidation sites excluding steroid dienone is 28. The summed E-state index contributed by atoms with van der Waals surface area (Å²) in [5.41, 5.74) is 0. The number of aliphatic hydroxyl groups is 1. The summed E-state index contributed by atoms with van der Waals surface area (Å²) in [7, 11) is -4.80. The standard InChI is InChI=1S/C68H105O11P/c1-4-7-10-13-16-19-22-25-28-30-32-34-37-39-42-45-48-51-54-57-66(70)75-61-65(79-68(72)59-56-53-50-47-44-41-38-35-33-31-29-26-23-20-17-14-11-8-5-2)63-77-80(73,74)76-62-64(60-69)78-67(71)58-55-52-49-46-43-40-36-27-24-21-18-15-12-9-6-3/h7-12,16-21,25-29,32-36,39,42-43,46,48,51,64-65,69H,4-6,13-15,22-24,30-31,37-38,40-41,44-45,47,49-50,52-63H2,1-3H3,(H,73,74)/b10-7-,11-8-,12-9-,19-16-,20-17-,21-18-,28-25-,29-26-,34-32-,35-33-,36-27-,42-39-,46-43-,51-48-. The van der Waals surface area contributed by atoms with Crippen molar-refractivity contribution in [3.8, 4) is 0 Å². The molecule has 3 atom stereocenters. The van der Waals surface area contributed by atoms with E-state index in [1.54, 1.807) is 0 Å². The normalized spacial score (nSPS) is 14.5. The molecule has 11 nitrogen and oxygen atoms in total. The van der Waals surface area contributed by atoms with Gasteiger partial charge in [-0.05, 0) is 135 Å². The van der Waals surface area contributed by atoms with E-state index < -0.39 is 64.4 Å². The Hall–Kier alpha value is -5.16. The Kier molecular flexibility index (Phi) is 56.1. The van der Waals surface area contributed by atoms with Crippen molar-refractivity contribution in [1.82, 2.24) is 0 Å². The van der Waals surface area contributed by atoms with Crippen molar-refractivity contribution in [1.29, 1.82) is 0 Å². The monoisotopic (exact) mass is 1130 g/mol. The van der Waals surface area contributed by atoms with Crippen molar-refractivity contribution in [2.75, 3.05) is 26.4 Å². The molecule has 0 amide bonds. The number of carbonyl (C=O) groups excluding carboxylic acids is 3. The van der Waals surface area contributed by atoms with Crippen LogP contribution in [0.2, 0.25) is 0 Å². The Morgan fingerprint density at radius 1 is 0.350 bits per heavy atom. The molecule has 0 aromatic carbocycles. The Morgan fingerprint density at radius 3 is 1.01 bits per heavy atom. The number of hydrogen-bond acceptors (Lipinski definition) is 10. The molecule has 0 aromatic heterocycles. The summed E-state index contributed by atoms with van der Waals surface area (Å²) in [5, 5.41) is 9.82. The summed E-state index contributed by atoms with van der Waals surface area (Å²) in [5.74, 6) is -1.65. The third kappa shape index (κ3) is 57.5. The summed E-state index contributed by atoms with van der Waals surface area (Å²) in [6, 6.07) is 0. The Morgan fingerprint density at radius 2 is 0.637 bits per heavy atom. The van der Waals surface area contributed by atoms with E-state index in [-0.39, 0.29) is 19.3 Å². The maximum absolute atomic E-state index is 12.9. The van der Waals surface area contributed by atoms with Gasteiger partial charge in [0.05, 0.1) is 19.8 Å². The first-order valence-corrected chi connectivity index (χ1v) is 31.5. The van der Waals surface area contributed by atoms with Gasteiger partial charge in [0.15, 0.2) is 6.10 Å². The summed E-state index contributed by atoms with van der Waals surface area (Å²) in [6.07, 6.45) is 80.4. The number of phosphoric acid groups is 1. The van der Waals surface area contributed by atoms with Gasteiger partial charge >= 0.3 is 25.7 Å². The fourth-order valence-corrected chi connectivity index (χ4v) is 7.97.